The predicted octanol–water partition coefficient (Wildman–Crippen LogP) is 2.90. The average molecular weight is 357 g/mol. The summed E-state index contributed by atoms with van der Waals surface area (Å²) < 4.78 is 5.27. The molecule has 0 saturated carbocycles. The fourth-order valence-corrected chi connectivity index (χ4v) is 3.30. The maximum Gasteiger partial charge on any atom is 0.254 e. The second-order valence-corrected chi connectivity index (χ2v) is 6.70. The molecule has 130 valence electrons. The van der Waals surface area contributed by atoms with Crippen molar-refractivity contribution >= 4 is 34.4 Å². The maximum atomic E-state index is 12.1. The van der Waals surface area contributed by atoms with Crippen LogP contribution in [0.25, 0.3) is 0 Å². The highest BCUT2D eigenvalue weighted by molar-refractivity contribution is 8.14. The number of nitrogens with one attached hydrogen (secondary N) is 1. The zero-order chi connectivity index (χ0) is 17.8. The van der Waals surface area contributed by atoms with Crippen LogP contribution in [0.3, 0.4) is 0 Å². The van der Waals surface area contributed by atoms with Gasteiger partial charge in [0.1, 0.15) is 12.3 Å². The van der Waals surface area contributed by atoms with Crippen LogP contribution in [0.4, 0.5) is 5.69 Å². The zero-order valence-corrected chi connectivity index (χ0v) is 14.9. The molecule has 1 aliphatic rings. The highest BCUT2D eigenvalue weighted by atomic mass is 32.2. The van der Waals surface area contributed by atoms with Gasteiger partial charge in [0.25, 0.3) is 5.91 Å². The average Bonchev–Trinajstić information content (AvgIpc) is 3.24. The van der Waals surface area contributed by atoms with Crippen molar-refractivity contribution in [1.29, 1.82) is 0 Å². The maximum absolute atomic E-state index is 12.1. The number of furan rings is 1. The number of thioether (sulfide) groups is 1. The van der Waals surface area contributed by atoms with Crippen molar-refractivity contribution in [2.75, 3.05) is 17.2 Å². The molecule has 1 N–H and O–H groups in total. The molecule has 2 aromatic rings. The summed E-state index contributed by atoms with van der Waals surface area (Å²) >= 11 is 1.25. The van der Waals surface area contributed by atoms with Gasteiger partial charge in [-0.2, -0.15) is 0 Å². The van der Waals surface area contributed by atoms with E-state index in [0.717, 1.165) is 11.3 Å². The molecule has 7 heteroatoms. The lowest BCUT2D eigenvalue weighted by atomic mass is 10.2. The Morgan fingerprint density at radius 3 is 2.80 bits per heavy atom. The molecule has 0 saturated heterocycles. The van der Waals surface area contributed by atoms with Gasteiger partial charge >= 0.3 is 0 Å². The second kappa shape index (κ2) is 7.57. The van der Waals surface area contributed by atoms with Crippen LogP contribution in [0.1, 0.15) is 24.3 Å². The first kappa shape index (κ1) is 17.3. The van der Waals surface area contributed by atoms with Crippen molar-refractivity contribution in [2.24, 2.45) is 4.99 Å². The lowest BCUT2D eigenvalue weighted by molar-refractivity contribution is -0.119. The van der Waals surface area contributed by atoms with E-state index >= 15 is 0 Å². The van der Waals surface area contributed by atoms with Gasteiger partial charge < -0.3 is 9.73 Å². The highest BCUT2D eigenvalue weighted by Gasteiger charge is 2.28. The van der Waals surface area contributed by atoms with Gasteiger partial charge in [-0.05, 0) is 38.1 Å². The van der Waals surface area contributed by atoms with Gasteiger partial charge in [-0.15, -0.1) is 0 Å². The molecule has 2 amide bonds. The van der Waals surface area contributed by atoms with Gasteiger partial charge in [-0.3, -0.25) is 19.5 Å². The SMILES string of the molecule is Cc1ccc(N2C(=O)CN=C2SCC(=O)N[C@@H](C)c2ccco2)cc1. The first-order valence-corrected chi connectivity index (χ1v) is 8.93. The van der Waals surface area contributed by atoms with Crippen LogP contribution in [0.15, 0.2) is 52.1 Å². The first-order valence-electron chi connectivity index (χ1n) is 7.94. The molecular formula is C18H19N3O3S. The number of aryl methyl sites for hydroxylation is 1. The van der Waals surface area contributed by atoms with E-state index in [1.54, 1.807) is 17.2 Å². The molecule has 1 aromatic carbocycles. The number of amides is 2. The van der Waals surface area contributed by atoms with Crippen LogP contribution in [0, 0.1) is 6.92 Å². The van der Waals surface area contributed by atoms with Crippen LogP contribution >= 0.6 is 11.8 Å². The number of carbonyl (C=O) groups is 2. The Hall–Kier alpha value is -2.54. The summed E-state index contributed by atoms with van der Waals surface area (Å²) in [7, 11) is 0. The smallest absolute Gasteiger partial charge is 0.254 e. The van der Waals surface area contributed by atoms with E-state index < -0.39 is 0 Å². The zero-order valence-electron chi connectivity index (χ0n) is 14.1. The van der Waals surface area contributed by atoms with E-state index in [0.29, 0.717) is 10.9 Å². The molecule has 1 atom stereocenters. The van der Waals surface area contributed by atoms with Crippen LogP contribution in [0.2, 0.25) is 0 Å². The van der Waals surface area contributed by atoms with E-state index in [9.17, 15) is 9.59 Å². The van der Waals surface area contributed by atoms with Gasteiger partial charge in [-0.1, -0.05) is 29.5 Å². The fraction of sp³-hybridized carbons (Fsp3) is 0.278. The summed E-state index contributed by atoms with van der Waals surface area (Å²) in [5.74, 6) is 0.656. The van der Waals surface area contributed by atoms with Crippen molar-refractivity contribution in [3.05, 3.63) is 54.0 Å². The quantitative estimate of drug-likeness (QED) is 0.893. The first-order chi connectivity index (χ1) is 12.0. The van der Waals surface area contributed by atoms with Crippen LogP contribution < -0.4 is 10.2 Å². The number of rotatable bonds is 5. The van der Waals surface area contributed by atoms with Crippen molar-refractivity contribution < 1.29 is 14.0 Å². The number of aliphatic imine (C=N–C) groups is 1. The highest BCUT2D eigenvalue weighted by Crippen LogP contribution is 2.24. The molecular weight excluding hydrogens is 338 g/mol. The third-order valence-corrected chi connectivity index (χ3v) is 4.74. The molecule has 0 aliphatic carbocycles. The summed E-state index contributed by atoms with van der Waals surface area (Å²) in [5.41, 5.74) is 1.89. The molecule has 2 heterocycles. The van der Waals surface area contributed by atoms with Crippen LogP contribution in [0.5, 0.6) is 0 Å². The predicted molar refractivity (Wildman–Crippen MR) is 98.7 cm³/mol. The minimum atomic E-state index is -0.205. The van der Waals surface area contributed by atoms with Crippen molar-refractivity contribution in [1.82, 2.24) is 5.32 Å². The molecule has 0 spiro atoms. The number of nitrogens with zero attached hydrogens (tertiary/aromatic N) is 2. The largest absolute Gasteiger partial charge is 0.467 e. The Bertz CT molecular complexity index is 784. The molecule has 3 rings (SSSR count). The number of benzene rings is 1. The Balaban J connectivity index is 1.59. The molecule has 0 fully saturated rings. The van der Waals surface area contributed by atoms with Gasteiger partial charge in [0.2, 0.25) is 5.91 Å². The van der Waals surface area contributed by atoms with E-state index in [-0.39, 0.29) is 30.2 Å². The topological polar surface area (TPSA) is 74.9 Å². The summed E-state index contributed by atoms with van der Waals surface area (Å²) in [4.78, 5) is 30.1. The summed E-state index contributed by atoms with van der Waals surface area (Å²) in [6, 6.07) is 11.1. The van der Waals surface area contributed by atoms with Crippen LogP contribution in [-0.4, -0.2) is 29.3 Å². The molecule has 0 unspecified atom stereocenters. The number of carbonyl (C=O) groups excluding carboxylic acids is 2. The fourth-order valence-electron chi connectivity index (χ4n) is 2.46. The minimum absolute atomic E-state index is 0.0873. The number of hydrogen-bond donors (Lipinski definition) is 1. The standard InChI is InChI=1S/C18H19N3O3S/c1-12-5-7-14(8-6-12)21-17(23)10-19-18(21)25-11-16(22)20-13(2)15-4-3-9-24-15/h3-9,13H,10-11H2,1-2H3,(H,20,22)/t13-/m0/s1. The van der Waals surface area contributed by atoms with E-state index in [1.165, 1.54) is 11.8 Å². The van der Waals surface area contributed by atoms with Gasteiger partial charge in [0, 0.05) is 0 Å². The van der Waals surface area contributed by atoms with E-state index in [2.05, 4.69) is 10.3 Å². The molecule has 1 aliphatic heterocycles. The summed E-state index contributed by atoms with van der Waals surface area (Å²) in [6.45, 7) is 3.96. The number of hydrogen-bond acceptors (Lipinski definition) is 5. The molecule has 0 radical (unpaired) electrons. The third-order valence-electron chi connectivity index (χ3n) is 3.76. The third kappa shape index (κ3) is 4.11. The number of amidine groups is 1. The molecule has 6 nitrogen and oxygen atoms in total. The molecule has 0 bridgehead atoms. The van der Waals surface area contributed by atoms with Gasteiger partial charge in [0.05, 0.1) is 23.7 Å². The van der Waals surface area contributed by atoms with E-state index in [1.807, 2.05) is 44.2 Å². The second-order valence-electron chi connectivity index (χ2n) is 5.76. The Morgan fingerprint density at radius 2 is 2.12 bits per heavy atom. The minimum Gasteiger partial charge on any atom is -0.467 e. The van der Waals surface area contributed by atoms with Crippen molar-refractivity contribution in [3.63, 3.8) is 0 Å². The Morgan fingerprint density at radius 1 is 1.36 bits per heavy atom. The Labute approximate surface area is 150 Å². The van der Waals surface area contributed by atoms with Crippen molar-refractivity contribution in [2.45, 2.75) is 19.9 Å². The Kier molecular flexibility index (Phi) is 5.23. The lowest BCUT2D eigenvalue weighted by Crippen LogP contribution is -2.33. The van der Waals surface area contributed by atoms with Crippen molar-refractivity contribution in [3.8, 4) is 0 Å². The molecule has 1 aromatic heterocycles. The molecule has 25 heavy (non-hydrogen) atoms. The van der Waals surface area contributed by atoms with Gasteiger partial charge in [-0.25, -0.2) is 0 Å². The number of anilines is 1. The summed E-state index contributed by atoms with van der Waals surface area (Å²) in [5, 5.41) is 3.42. The van der Waals surface area contributed by atoms with Gasteiger partial charge in [0.15, 0.2) is 5.17 Å². The summed E-state index contributed by atoms with van der Waals surface area (Å²) in [6.07, 6.45) is 1.57. The van der Waals surface area contributed by atoms with E-state index in [4.69, 9.17) is 4.42 Å². The normalized spacial score (nSPS) is 15.2. The van der Waals surface area contributed by atoms with Crippen LogP contribution in [-0.2, 0) is 9.59 Å². The lowest BCUT2D eigenvalue weighted by Gasteiger charge is -2.18. The monoisotopic (exact) mass is 357 g/mol.